The minimum atomic E-state index is -4.39. The first kappa shape index (κ1) is 35.8. The van der Waals surface area contributed by atoms with Crippen LogP contribution in [0.3, 0.4) is 0 Å². The van der Waals surface area contributed by atoms with E-state index in [1.54, 1.807) is 4.72 Å². The van der Waals surface area contributed by atoms with E-state index in [4.69, 9.17) is 0 Å². The van der Waals surface area contributed by atoms with Crippen LogP contribution in [0.4, 0.5) is 18.9 Å². The SMILES string of the molecule is Cn1c(=O)n(C2CCC(=O)NC2=O)c2ccc(C3CCN(C(=O)Cn4cc(-c5ccc6c(F)c(N7CC(=O)NS7(=O)=O)c(O)cc6c5)cn4)CC3(F)F)cc21. The van der Waals surface area contributed by atoms with Crippen molar-refractivity contribution in [2.24, 2.45) is 7.05 Å². The number of nitrogens with one attached hydrogen (secondary N) is 2. The van der Waals surface area contributed by atoms with Crippen molar-refractivity contribution in [3.63, 3.8) is 0 Å². The Labute approximate surface area is 308 Å². The molecule has 0 aliphatic carbocycles. The fourth-order valence-electron chi connectivity index (χ4n) is 7.63. The summed E-state index contributed by atoms with van der Waals surface area (Å²) in [6, 6.07) is 9.14. The molecule has 2 aromatic heterocycles. The average molecular weight is 781 g/mol. The first-order valence-electron chi connectivity index (χ1n) is 17.0. The zero-order valence-corrected chi connectivity index (χ0v) is 29.6. The van der Waals surface area contributed by atoms with E-state index in [0.717, 1.165) is 11.0 Å². The largest absolute Gasteiger partial charge is 0.506 e. The van der Waals surface area contributed by atoms with Gasteiger partial charge in [0.15, 0.2) is 5.82 Å². The highest BCUT2D eigenvalue weighted by molar-refractivity contribution is 7.92. The molecule has 286 valence electrons. The van der Waals surface area contributed by atoms with E-state index in [-0.39, 0.29) is 48.7 Å². The zero-order chi connectivity index (χ0) is 39.1. The predicted octanol–water partition coefficient (Wildman–Crippen LogP) is 2.01. The van der Waals surface area contributed by atoms with Gasteiger partial charge < -0.3 is 10.0 Å². The first-order chi connectivity index (χ1) is 26.0. The number of carbonyl (C=O) groups excluding carboxylic acids is 4. The Morgan fingerprint density at radius 1 is 1.02 bits per heavy atom. The standard InChI is InChI=1S/C35H31F3N8O8S/c1-42-26-11-19(3-5-24(26)46(34(42)52)25-6-7-28(48)40-33(25)51)23-8-9-43(17-35(23,37)38)30(50)16-44-14-21(13-39-44)18-2-4-22-20(10-18)12-27(47)32(31(22)36)45-15-29(49)41-55(45,53)54/h2-5,10-14,23,25,47H,6-9,15-17H2,1H3,(H,41,49)(H,40,48,51). The molecule has 0 spiro atoms. The lowest BCUT2D eigenvalue weighted by atomic mass is 9.86. The number of imide groups is 1. The van der Waals surface area contributed by atoms with Crippen molar-refractivity contribution in [2.45, 2.75) is 43.7 Å². The summed E-state index contributed by atoms with van der Waals surface area (Å²) in [4.78, 5) is 63.3. The Morgan fingerprint density at radius 2 is 1.80 bits per heavy atom. The van der Waals surface area contributed by atoms with Gasteiger partial charge >= 0.3 is 15.9 Å². The van der Waals surface area contributed by atoms with Gasteiger partial charge in [-0.25, -0.2) is 27.0 Å². The Morgan fingerprint density at radius 3 is 2.51 bits per heavy atom. The summed E-state index contributed by atoms with van der Waals surface area (Å²) in [5.41, 5.74) is 0.776. The molecule has 3 aromatic carbocycles. The lowest BCUT2D eigenvalue weighted by Crippen LogP contribution is -2.50. The second kappa shape index (κ2) is 12.7. The molecule has 3 aliphatic heterocycles. The number of aromatic nitrogens is 4. The molecule has 2 unspecified atom stereocenters. The summed E-state index contributed by atoms with van der Waals surface area (Å²) in [5, 5.41) is 17.2. The minimum Gasteiger partial charge on any atom is -0.506 e. The van der Waals surface area contributed by atoms with Crippen LogP contribution < -0.4 is 20.0 Å². The average Bonchev–Trinajstić information content (AvgIpc) is 3.77. The fourth-order valence-corrected chi connectivity index (χ4v) is 8.79. The number of hydrogen-bond donors (Lipinski definition) is 3. The van der Waals surface area contributed by atoms with Gasteiger partial charge in [-0.1, -0.05) is 18.2 Å². The Bertz CT molecular complexity index is 2670. The minimum absolute atomic E-state index is 0.0200. The third-order valence-electron chi connectivity index (χ3n) is 10.4. The molecule has 8 rings (SSSR count). The number of fused-ring (bicyclic) bond motifs is 2. The number of halogens is 3. The number of rotatable bonds is 6. The van der Waals surface area contributed by atoms with Crippen LogP contribution in [0.25, 0.3) is 32.9 Å². The summed E-state index contributed by atoms with van der Waals surface area (Å²) < 4.78 is 77.6. The molecule has 3 saturated heterocycles. The molecule has 3 aliphatic rings. The molecule has 3 fully saturated rings. The number of phenolic OH excluding ortho intramolecular Hbond substituents is 1. The van der Waals surface area contributed by atoms with E-state index >= 15 is 13.2 Å². The Kier molecular flexibility index (Phi) is 8.28. The van der Waals surface area contributed by atoms with Gasteiger partial charge in [-0.05, 0) is 53.6 Å². The predicted molar refractivity (Wildman–Crippen MR) is 189 cm³/mol. The summed E-state index contributed by atoms with van der Waals surface area (Å²) >= 11 is 0. The highest BCUT2D eigenvalue weighted by Gasteiger charge is 2.47. The van der Waals surface area contributed by atoms with Crippen LogP contribution in [-0.2, 0) is 43.0 Å². The number of piperidine rings is 2. The van der Waals surface area contributed by atoms with Crippen LogP contribution in [0.15, 0.2) is 59.7 Å². The second-order valence-electron chi connectivity index (χ2n) is 13.8. The van der Waals surface area contributed by atoms with Crippen molar-refractivity contribution in [3.8, 4) is 16.9 Å². The number of benzene rings is 3. The molecule has 5 aromatic rings. The lowest BCUT2D eigenvalue weighted by Gasteiger charge is -2.38. The number of imidazole rings is 1. The van der Waals surface area contributed by atoms with Crippen molar-refractivity contribution >= 4 is 61.3 Å². The van der Waals surface area contributed by atoms with Gasteiger partial charge in [-0.3, -0.25) is 38.3 Å². The monoisotopic (exact) mass is 780 g/mol. The van der Waals surface area contributed by atoms with E-state index in [2.05, 4.69) is 10.4 Å². The summed E-state index contributed by atoms with van der Waals surface area (Å²) in [6.07, 6.45) is 3.04. The number of alkyl halides is 2. The highest BCUT2D eigenvalue weighted by Crippen LogP contribution is 2.42. The molecule has 5 heterocycles. The molecule has 0 saturated carbocycles. The topological polar surface area (TPSA) is 198 Å². The van der Waals surface area contributed by atoms with Crippen LogP contribution in [0.1, 0.15) is 36.8 Å². The number of nitrogens with zero attached hydrogens (tertiary/aromatic N) is 6. The number of amides is 4. The van der Waals surface area contributed by atoms with Gasteiger partial charge in [-0.2, -0.15) is 13.5 Å². The van der Waals surface area contributed by atoms with Gasteiger partial charge in [-0.15, -0.1) is 0 Å². The molecule has 20 heteroatoms. The Balaban J connectivity index is 0.964. The van der Waals surface area contributed by atoms with Gasteiger partial charge in [0.2, 0.25) is 17.7 Å². The molecule has 2 atom stereocenters. The van der Waals surface area contributed by atoms with Gasteiger partial charge in [0.25, 0.3) is 11.8 Å². The molecule has 3 N–H and O–H groups in total. The van der Waals surface area contributed by atoms with Crippen molar-refractivity contribution in [2.75, 3.05) is 23.9 Å². The third-order valence-corrected chi connectivity index (χ3v) is 11.7. The quantitative estimate of drug-likeness (QED) is 0.216. The summed E-state index contributed by atoms with van der Waals surface area (Å²) in [7, 11) is -2.91. The van der Waals surface area contributed by atoms with Crippen molar-refractivity contribution in [3.05, 3.63) is 76.7 Å². The maximum Gasteiger partial charge on any atom is 0.329 e. The van der Waals surface area contributed by atoms with E-state index in [9.17, 15) is 37.5 Å². The zero-order valence-electron chi connectivity index (χ0n) is 28.8. The van der Waals surface area contributed by atoms with Crippen LogP contribution in [0.2, 0.25) is 0 Å². The molecule has 16 nitrogen and oxygen atoms in total. The Hall–Kier alpha value is -6.18. The fraction of sp³-hybridized carbons (Fsp3) is 0.314. The first-order valence-corrected chi connectivity index (χ1v) is 18.5. The number of likely N-dealkylation sites (tertiary alicyclic amines) is 1. The lowest BCUT2D eigenvalue weighted by molar-refractivity contribution is -0.145. The summed E-state index contributed by atoms with van der Waals surface area (Å²) in [6.45, 7) is -1.89. The molecular formula is C35H31F3N8O8S. The third kappa shape index (κ3) is 6.05. The number of aromatic hydroxyl groups is 1. The number of phenols is 1. The number of hydrogen-bond acceptors (Lipinski definition) is 9. The summed E-state index contributed by atoms with van der Waals surface area (Å²) in [5.74, 6) is -8.89. The van der Waals surface area contributed by atoms with E-state index in [1.807, 2.05) is 0 Å². The van der Waals surface area contributed by atoms with Crippen molar-refractivity contribution < 1.29 is 45.9 Å². The molecular weight excluding hydrogens is 749 g/mol. The number of anilines is 1. The molecule has 4 amide bonds. The van der Waals surface area contributed by atoms with Crippen molar-refractivity contribution in [1.29, 1.82) is 0 Å². The van der Waals surface area contributed by atoms with E-state index in [1.165, 1.54) is 69.7 Å². The van der Waals surface area contributed by atoms with Crippen molar-refractivity contribution in [1.82, 2.24) is 33.9 Å². The molecule has 0 radical (unpaired) electrons. The maximum atomic E-state index is 15.8. The number of carbonyl (C=O) groups is 4. The van der Waals surface area contributed by atoms with Crippen LogP contribution in [0, 0.1) is 5.82 Å². The van der Waals surface area contributed by atoms with E-state index in [0.29, 0.717) is 26.5 Å². The normalized spacial score (nSPS) is 21.0. The van der Waals surface area contributed by atoms with E-state index < -0.39 is 87.8 Å². The van der Waals surface area contributed by atoms with Crippen LogP contribution >= 0.6 is 0 Å². The highest BCUT2D eigenvalue weighted by atomic mass is 32.2. The smallest absolute Gasteiger partial charge is 0.329 e. The molecule has 55 heavy (non-hydrogen) atoms. The van der Waals surface area contributed by atoms with Gasteiger partial charge in [0, 0.05) is 37.2 Å². The number of aryl methyl sites for hydroxylation is 1. The van der Waals surface area contributed by atoms with Crippen LogP contribution in [-0.4, -0.2) is 86.5 Å². The van der Waals surface area contributed by atoms with Gasteiger partial charge in [0.1, 0.15) is 30.6 Å². The second-order valence-corrected chi connectivity index (χ2v) is 15.4. The maximum absolute atomic E-state index is 15.8. The molecule has 0 bridgehead atoms. The van der Waals surface area contributed by atoms with Crippen LogP contribution in [0.5, 0.6) is 5.75 Å². The van der Waals surface area contributed by atoms with Gasteiger partial charge in [0.05, 0.1) is 29.7 Å².